The van der Waals surface area contributed by atoms with Crippen LogP contribution in [-0.2, 0) is 7.05 Å². The van der Waals surface area contributed by atoms with Crippen molar-refractivity contribution in [1.82, 2.24) is 9.47 Å². The summed E-state index contributed by atoms with van der Waals surface area (Å²) in [5.74, 6) is -1.67. The maximum atomic E-state index is 15.0. The molecule has 1 aromatic carbocycles. The normalized spacial score (nSPS) is 14.8. The summed E-state index contributed by atoms with van der Waals surface area (Å²) >= 11 is 0. The highest BCUT2D eigenvalue weighted by Crippen LogP contribution is 2.38. The highest BCUT2D eigenvalue weighted by molar-refractivity contribution is 5.96. The number of ether oxygens (including phenoxy) is 1. The minimum Gasteiger partial charge on any atom is -0.492 e. The third-order valence-electron chi connectivity index (χ3n) is 4.82. The fourth-order valence-electron chi connectivity index (χ4n) is 3.50. The van der Waals surface area contributed by atoms with Gasteiger partial charge in [0.15, 0.2) is 11.6 Å². The second kappa shape index (κ2) is 9.45. The molecular weight excluding hydrogens is 412 g/mol. The van der Waals surface area contributed by atoms with Crippen molar-refractivity contribution in [3.8, 4) is 5.75 Å². The molecule has 0 atom stereocenters. The Bertz CT molecular complexity index is 935. The minimum absolute atomic E-state index is 0. The summed E-state index contributed by atoms with van der Waals surface area (Å²) < 4.78 is 22.0. The molecule has 1 aliphatic heterocycles. The van der Waals surface area contributed by atoms with Crippen LogP contribution in [0.1, 0.15) is 16.8 Å². The molecular formula is C18H24Cl2FN3O4. The number of hydrogen-bond donors (Lipinski definition) is 1. The highest BCUT2D eigenvalue weighted by Gasteiger charge is 2.25. The maximum Gasteiger partial charge on any atom is 0.341 e. The van der Waals surface area contributed by atoms with E-state index in [9.17, 15) is 19.1 Å². The topological polar surface area (TPSA) is 75.0 Å². The van der Waals surface area contributed by atoms with Crippen molar-refractivity contribution in [2.24, 2.45) is 7.05 Å². The van der Waals surface area contributed by atoms with Crippen molar-refractivity contribution < 1.29 is 19.0 Å². The lowest BCUT2D eigenvalue weighted by atomic mass is 10.1. The summed E-state index contributed by atoms with van der Waals surface area (Å²) in [7, 11) is 5.07. The summed E-state index contributed by atoms with van der Waals surface area (Å²) in [6, 6.07) is 1.12. The summed E-state index contributed by atoms with van der Waals surface area (Å²) in [5.41, 5.74) is -0.416. The zero-order valence-electron chi connectivity index (χ0n) is 15.9. The Morgan fingerprint density at radius 3 is 2.46 bits per heavy atom. The molecule has 1 saturated heterocycles. The first-order valence-electron chi connectivity index (χ1n) is 8.41. The number of carbonyl (C=O) groups is 1. The van der Waals surface area contributed by atoms with E-state index < -0.39 is 22.8 Å². The first-order valence-corrected chi connectivity index (χ1v) is 8.41. The third-order valence-corrected chi connectivity index (χ3v) is 4.82. The van der Waals surface area contributed by atoms with Crippen molar-refractivity contribution in [3.63, 3.8) is 0 Å². The van der Waals surface area contributed by atoms with Crippen LogP contribution in [0.5, 0.6) is 5.75 Å². The third kappa shape index (κ3) is 4.19. The van der Waals surface area contributed by atoms with Gasteiger partial charge < -0.3 is 24.2 Å². The van der Waals surface area contributed by atoms with E-state index in [4.69, 9.17) is 4.74 Å². The van der Waals surface area contributed by atoms with Crippen molar-refractivity contribution in [3.05, 3.63) is 33.9 Å². The number of nitrogens with zero attached hydrogens (tertiary/aromatic N) is 3. The number of likely N-dealkylation sites (N-methyl/N-ethyl adjacent to an activating group) is 1. The molecule has 0 unspecified atom stereocenters. The van der Waals surface area contributed by atoms with Crippen molar-refractivity contribution >= 4 is 47.4 Å². The zero-order valence-corrected chi connectivity index (χ0v) is 17.5. The highest BCUT2D eigenvalue weighted by atomic mass is 35.5. The SMILES string of the molecule is COc1c(N2CCCN(C)CC2)c(F)cc2c(=O)c(C(=O)O)cn(C)c12.Cl.Cl. The van der Waals surface area contributed by atoms with Gasteiger partial charge in [-0.25, -0.2) is 9.18 Å². The van der Waals surface area contributed by atoms with Gasteiger partial charge in [-0.1, -0.05) is 0 Å². The molecule has 0 bridgehead atoms. The Hall–Kier alpha value is -2.03. The van der Waals surface area contributed by atoms with Gasteiger partial charge in [-0.05, 0) is 26.1 Å². The average molecular weight is 436 g/mol. The van der Waals surface area contributed by atoms with Crippen LogP contribution in [0.2, 0.25) is 0 Å². The monoisotopic (exact) mass is 435 g/mol. The molecule has 1 aromatic heterocycles. The number of aromatic carboxylic acids is 1. The van der Waals surface area contributed by atoms with Crippen LogP contribution in [0.15, 0.2) is 17.1 Å². The van der Waals surface area contributed by atoms with Crippen LogP contribution in [0.25, 0.3) is 10.9 Å². The Labute approximate surface area is 174 Å². The van der Waals surface area contributed by atoms with Gasteiger partial charge in [0, 0.05) is 32.9 Å². The van der Waals surface area contributed by atoms with E-state index in [1.54, 1.807) is 7.05 Å². The van der Waals surface area contributed by atoms with E-state index in [0.29, 0.717) is 24.3 Å². The second-order valence-electron chi connectivity index (χ2n) is 6.57. The number of aromatic nitrogens is 1. The number of aryl methyl sites for hydroxylation is 1. The summed E-state index contributed by atoms with van der Waals surface area (Å²) in [6.45, 7) is 3.02. The van der Waals surface area contributed by atoms with E-state index in [1.165, 1.54) is 17.9 Å². The van der Waals surface area contributed by atoms with Crippen molar-refractivity contribution in [2.75, 3.05) is 45.2 Å². The van der Waals surface area contributed by atoms with Crippen molar-refractivity contribution in [1.29, 1.82) is 0 Å². The van der Waals surface area contributed by atoms with Gasteiger partial charge in [-0.3, -0.25) is 4.79 Å². The van der Waals surface area contributed by atoms with Gasteiger partial charge >= 0.3 is 5.97 Å². The number of fused-ring (bicyclic) bond motifs is 1. The van der Waals surface area contributed by atoms with Gasteiger partial charge in [0.1, 0.15) is 11.3 Å². The molecule has 2 heterocycles. The van der Waals surface area contributed by atoms with Crippen LogP contribution in [0.3, 0.4) is 0 Å². The maximum absolute atomic E-state index is 15.0. The number of rotatable bonds is 3. The summed E-state index contributed by atoms with van der Waals surface area (Å²) in [6.07, 6.45) is 2.13. The molecule has 1 fully saturated rings. The number of carboxylic acid groups (broad SMARTS) is 1. The largest absolute Gasteiger partial charge is 0.492 e. The lowest BCUT2D eigenvalue weighted by molar-refractivity contribution is 0.0695. The van der Waals surface area contributed by atoms with E-state index >= 15 is 0 Å². The predicted molar refractivity (Wildman–Crippen MR) is 111 cm³/mol. The van der Waals surface area contributed by atoms with Crippen LogP contribution >= 0.6 is 24.8 Å². The second-order valence-corrected chi connectivity index (χ2v) is 6.57. The molecule has 1 aliphatic rings. The fourth-order valence-corrected chi connectivity index (χ4v) is 3.50. The minimum atomic E-state index is -1.34. The number of anilines is 1. The Kier molecular flexibility index (Phi) is 8.10. The fraction of sp³-hybridized carbons (Fsp3) is 0.444. The van der Waals surface area contributed by atoms with E-state index in [1.807, 2.05) is 11.9 Å². The Morgan fingerprint density at radius 1 is 1.18 bits per heavy atom. The van der Waals surface area contributed by atoms with Gasteiger partial charge in [0.25, 0.3) is 0 Å². The lowest BCUT2D eigenvalue weighted by Gasteiger charge is -2.26. The molecule has 0 saturated carbocycles. The number of halogens is 3. The molecule has 0 aliphatic carbocycles. The number of benzene rings is 1. The quantitative estimate of drug-likeness (QED) is 0.797. The van der Waals surface area contributed by atoms with Gasteiger partial charge in [-0.15, -0.1) is 24.8 Å². The predicted octanol–water partition coefficient (Wildman–Crippen LogP) is 2.37. The number of pyridine rings is 1. The smallest absolute Gasteiger partial charge is 0.341 e. The van der Waals surface area contributed by atoms with Crippen molar-refractivity contribution in [2.45, 2.75) is 6.42 Å². The molecule has 156 valence electrons. The number of carboxylic acids is 1. The molecule has 28 heavy (non-hydrogen) atoms. The van der Waals surface area contributed by atoms with E-state index in [2.05, 4.69) is 4.90 Å². The van der Waals surface area contributed by atoms with E-state index in [0.717, 1.165) is 25.6 Å². The molecule has 10 heteroatoms. The van der Waals surface area contributed by atoms with Crippen LogP contribution in [0.4, 0.5) is 10.1 Å². The zero-order chi connectivity index (χ0) is 19.0. The van der Waals surface area contributed by atoms with Crippen LogP contribution < -0.4 is 15.1 Å². The Morgan fingerprint density at radius 2 is 1.86 bits per heavy atom. The molecule has 3 rings (SSSR count). The lowest BCUT2D eigenvalue weighted by Crippen LogP contribution is -2.30. The first kappa shape index (κ1) is 24.0. The molecule has 0 amide bonds. The molecule has 7 nitrogen and oxygen atoms in total. The Balaban J connectivity index is 0.00000196. The molecule has 0 radical (unpaired) electrons. The molecule has 2 aromatic rings. The van der Waals surface area contributed by atoms with Crippen LogP contribution in [0, 0.1) is 5.82 Å². The van der Waals surface area contributed by atoms with Gasteiger partial charge in [0.05, 0.1) is 18.0 Å². The van der Waals surface area contributed by atoms with Crippen LogP contribution in [-0.4, -0.2) is 60.9 Å². The van der Waals surface area contributed by atoms with Gasteiger partial charge in [0.2, 0.25) is 5.43 Å². The summed E-state index contributed by atoms with van der Waals surface area (Å²) in [4.78, 5) is 27.9. The number of hydrogen-bond acceptors (Lipinski definition) is 5. The molecule has 0 spiro atoms. The molecule has 1 N–H and O–H groups in total. The first-order chi connectivity index (χ1) is 12.3. The average Bonchev–Trinajstić information content (AvgIpc) is 2.81. The van der Waals surface area contributed by atoms with E-state index in [-0.39, 0.29) is 35.9 Å². The van der Waals surface area contributed by atoms with Gasteiger partial charge in [-0.2, -0.15) is 0 Å². The summed E-state index contributed by atoms with van der Waals surface area (Å²) in [5, 5.41) is 9.21. The standard InChI is InChI=1S/C18H22FN3O4.2ClH/c1-20-5-4-6-22(8-7-20)15-13(19)9-11-14(17(15)26-3)21(2)10-12(16(11)23)18(24)25;;/h9-10H,4-8H2,1-3H3,(H,24,25);2*1H. The number of methoxy groups -OCH3 is 1.